The number of aromatic nitrogens is 2. The van der Waals surface area contributed by atoms with Crippen LogP contribution in [0.3, 0.4) is 0 Å². The highest BCUT2D eigenvalue weighted by atomic mass is 15.1. The van der Waals surface area contributed by atoms with Crippen LogP contribution >= 0.6 is 0 Å². The van der Waals surface area contributed by atoms with Gasteiger partial charge in [-0.2, -0.15) is 0 Å². The Kier molecular flexibility index (Phi) is 4.14. The molecule has 3 nitrogen and oxygen atoms in total. The Labute approximate surface area is 86.5 Å². The fourth-order valence-corrected chi connectivity index (χ4v) is 1.53. The Hall–Kier alpha value is -0.830. The minimum absolute atomic E-state index is 0.749. The van der Waals surface area contributed by atoms with Crippen molar-refractivity contribution in [2.75, 3.05) is 7.05 Å². The quantitative estimate of drug-likeness (QED) is 0.778. The third-order valence-electron chi connectivity index (χ3n) is 2.43. The van der Waals surface area contributed by atoms with Crippen LogP contribution in [0.15, 0.2) is 6.20 Å². The van der Waals surface area contributed by atoms with Crippen LogP contribution < -0.4 is 5.32 Å². The minimum Gasteiger partial charge on any atom is -0.331 e. The summed E-state index contributed by atoms with van der Waals surface area (Å²) in [5.41, 5.74) is 1.28. The molecule has 1 N–H and O–H groups in total. The second kappa shape index (κ2) is 5.15. The van der Waals surface area contributed by atoms with Crippen molar-refractivity contribution in [2.45, 2.75) is 40.3 Å². The zero-order chi connectivity index (χ0) is 10.6. The van der Waals surface area contributed by atoms with Gasteiger partial charge in [0.1, 0.15) is 5.82 Å². The maximum atomic E-state index is 4.34. The first-order valence-corrected chi connectivity index (χ1v) is 5.30. The molecule has 0 saturated carbocycles. The van der Waals surface area contributed by atoms with Gasteiger partial charge in [-0.15, -0.1) is 0 Å². The lowest BCUT2D eigenvalue weighted by molar-refractivity contribution is 0.497. The van der Waals surface area contributed by atoms with Gasteiger partial charge in [0.2, 0.25) is 0 Å². The molecule has 1 aromatic rings. The van der Waals surface area contributed by atoms with E-state index in [4.69, 9.17) is 0 Å². The molecule has 1 rings (SSSR count). The molecule has 0 bridgehead atoms. The predicted octanol–water partition coefficient (Wildman–Crippen LogP) is 1.96. The number of aryl methyl sites for hydroxylation is 1. The van der Waals surface area contributed by atoms with Gasteiger partial charge in [0.05, 0.1) is 5.69 Å². The second-order valence-corrected chi connectivity index (χ2v) is 4.16. The molecule has 0 amide bonds. The molecule has 0 saturated heterocycles. The lowest BCUT2D eigenvalue weighted by Gasteiger charge is -2.11. The first-order valence-electron chi connectivity index (χ1n) is 5.30. The zero-order valence-corrected chi connectivity index (χ0v) is 9.67. The first-order chi connectivity index (χ1) is 6.65. The number of nitrogens with zero attached hydrogens (tertiary/aromatic N) is 2. The Morgan fingerprint density at radius 2 is 2.21 bits per heavy atom. The highest BCUT2D eigenvalue weighted by Crippen LogP contribution is 2.09. The van der Waals surface area contributed by atoms with E-state index in [1.807, 2.05) is 13.2 Å². The van der Waals surface area contributed by atoms with E-state index in [1.165, 1.54) is 12.1 Å². The lowest BCUT2D eigenvalue weighted by atomic mass is 10.1. The molecule has 14 heavy (non-hydrogen) atoms. The van der Waals surface area contributed by atoms with Gasteiger partial charge in [-0.05, 0) is 26.3 Å². The first kappa shape index (κ1) is 11.2. The van der Waals surface area contributed by atoms with E-state index in [0.29, 0.717) is 0 Å². The number of rotatable bonds is 5. The highest BCUT2D eigenvalue weighted by Gasteiger charge is 2.05. The Balaban J connectivity index is 2.67. The molecule has 3 heteroatoms. The van der Waals surface area contributed by atoms with Crippen LogP contribution in [-0.2, 0) is 13.1 Å². The smallest absolute Gasteiger partial charge is 0.105 e. The van der Waals surface area contributed by atoms with E-state index in [0.717, 1.165) is 24.8 Å². The SMILES string of the molecule is CNCc1cnc(C)n1CCC(C)C. The van der Waals surface area contributed by atoms with Crippen LogP contribution in [-0.4, -0.2) is 16.6 Å². The van der Waals surface area contributed by atoms with Crippen LogP contribution in [0.4, 0.5) is 0 Å². The highest BCUT2D eigenvalue weighted by molar-refractivity contribution is 5.04. The van der Waals surface area contributed by atoms with Crippen LogP contribution in [0.5, 0.6) is 0 Å². The van der Waals surface area contributed by atoms with Gasteiger partial charge < -0.3 is 9.88 Å². The zero-order valence-electron chi connectivity index (χ0n) is 9.67. The molecule has 1 heterocycles. The summed E-state index contributed by atoms with van der Waals surface area (Å²) in [4.78, 5) is 4.34. The Morgan fingerprint density at radius 3 is 2.79 bits per heavy atom. The Bertz CT molecular complexity index is 276. The minimum atomic E-state index is 0.749. The third kappa shape index (κ3) is 2.84. The fraction of sp³-hybridized carbons (Fsp3) is 0.727. The van der Waals surface area contributed by atoms with Crippen LogP contribution in [0, 0.1) is 12.8 Å². The molecule has 80 valence electrons. The molecule has 1 aromatic heterocycles. The van der Waals surface area contributed by atoms with Crippen LogP contribution in [0.25, 0.3) is 0 Å². The largest absolute Gasteiger partial charge is 0.331 e. The summed E-state index contributed by atoms with van der Waals surface area (Å²) in [5.74, 6) is 1.87. The average Bonchev–Trinajstić information content (AvgIpc) is 2.45. The normalized spacial score (nSPS) is 11.2. The maximum Gasteiger partial charge on any atom is 0.105 e. The summed E-state index contributed by atoms with van der Waals surface area (Å²) in [6, 6.07) is 0. The van der Waals surface area contributed by atoms with E-state index < -0.39 is 0 Å². The molecule has 0 radical (unpaired) electrons. The number of hydrogen-bond acceptors (Lipinski definition) is 2. The maximum absolute atomic E-state index is 4.34. The van der Waals surface area contributed by atoms with E-state index in [1.54, 1.807) is 0 Å². The van der Waals surface area contributed by atoms with Crippen LogP contribution in [0.1, 0.15) is 31.8 Å². The van der Waals surface area contributed by atoms with Gasteiger partial charge in [0.15, 0.2) is 0 Å². The summed E-state index contributed by atoms with van der Waals surface area (Å²) in [5, 5.41) is 3.16. The van der Waals surface area contributed by atoms with Gasteiger partial charge in [0, 0.05) is 19.3 Å². The second-order valence-electron chi connectivity index (χ2n) is 4.16. The summed E-state index contributed by atoms with van der Waals surface area (Å²) >= 11 is 0. The molecule has 0 aromatic carbocycles. The molecule has 0 spiro atoms. The van der Waals surface area contributed by atoms with E-state index in [2.05, 4.69) is 35.6 Å². The van der Waals surface area contributed by atoms with Gasteiger partial charge in [-0.25, -0.2) is 4.98 Å². The van der Waals surface area contributed by atoms with Crippen molar-refractivity contribution in [3.63, 3.8) is 0 Å². The molecule has 0 aliphatic carbocycles. The van der Waals surface area contributed by atoms with Crippen molar-refractivity contribution < 1.29 is 0 Å². The molecule has 0 aliphatic heterocycles. The summed E-state index contributed by atoms with van der Waals surface area (Å²) in [6.07, 6.45) is 3.18. The monoisotopic (exact) mass is 195 g/mol. The third-order valence-corrected chi connectivity index (χ3v) is 2.43. The van der Waals surface area contributed by atoms with Crippen molar-refractivity contribution in [2.24, 2.45) is 5.92 Å². The van der Waals surface area contributed by atoms with Crippen molar-refractivity contribution in [1.29, 1.82) is 0 Å². The van der Waals surface area contributed by atoms with Crippen molar-refractivity contribution in [3.8, 4) is 0 Å². The van der Waals surface area contributed by atoms with Crippen molar-refractivity contribution in [1.82, 2.24) is 14.9 Å². The molecule has 0 unspecified atom stereocenters. The molecule has 0 fully saturated rings. The summed E-state index contributed by atoms with van der Waals surface area (Å²) < 4.78 is 2.30. The topological polar surface area (TPSA) is 29.9 Å². The van der Waals surface area contributed by atoms with Crippen molar-refractivity contribution >= 4 is 0 Å². The van der Waals surface area contributed by atoms with Crippen molar-refractivity contribution in [3.05, 3.63) is 17.7 Å². The summed E-state index contributed by atoms with van der Waals surface area (Å²) in [7, 11) is 1.97. The molecular formula is C11H21N3. The molecular weight excluding hydrogens is 174 g/mol. The van der Waals surface area contributed by atoms with Crippen LogP contribution in [0.2, 0.25) is 0 Å². The molecule has 0 atom stereocenters. The number of nitrogens with one attached hydrogen (secondary N) is 1. The summed E-state index contributed by atoms with van der Waals surface area (Å²) in [6.45, 7) is 8.56. The number of hydrogen-bond donors (Lipinski definition) is 1. The Morgan fingerprint density at radius 1 is 1.50 bits per heavy atom. The lowest BCUT2D eigenvalue weighted by Crippen LogP contribution is -2.13. The molecule has 0 aliphatic rings. The van der Waals surface area contributed by atoms with Gasteiger partial charge in [-0.3, -0.25) is 0 Å². The average molecular weight is 195 g/mol. The van der Waals surface area contributed by atoms with Gasteiger partial charge >= 0.3 is 0 Å². The number of imidazole rings is 1. The van der Waals surface area contributed by atoms with Gasteiger partial charge in [0.25, 0.3) is 0 Å². The standard InChI is InChI=1S/C11H21N3/c1-9(2)5-6-14-10(3)13-8-11(14)7-12-4/h8-9,12H,5-7H2,1-4H3. The van der Waals surface area contributed by atoms with E-state index >= 15 is 0 Å². The van der Waals surface area contributed by atoms with Gasteiger partial charge in [-0.1, -0.05) is 13.8 Å². The predicted molar refractivity (Wildman–Crippen MR) is 59.2 cm³/mol. The van der Waals surface area contributed by atoms with E-state index in [9.17, 15) is 0 Å². The fourth-order valence-electron chi connectivity index (χ4n) is 1.53. The van der Waals surface area contributed by atoms with E-state index in [-0.39, 0.29) is 0 Å².